The van der Waals surface area contributed by atoms with Gasteiger partial charge in [0.15, 0.2) is 0 Å². The maximum atomic E-state index is 5.89. The fourth-order valence-electron chi connectivity index (χ4n) is 1.95. The average Bonchev–Trinajstić information content (AvgIpc) is 2.23. The molecule has 1 aliphatic rings. The van der Waals surface area contributed by atoms with Crippen LogP contribution in [0.3, 0.4) is 0 Å². The number of hydrogen-bond donors (Lipinski definition) is 0. The van der Waals surface area contributed by atoms with E-state index in [0.717, 1.165) is 5.71 Å². The summed E-state index contributed by atoms with van der Waals surface area (Å²) in [6, 6.07) is 8.76. The van der Waals surface area contributed by atoms with E-state index in [9.17, 15) is 0 Å². The second-order valence-electron chi connectivity index (χ2n) is 3.83. The molecule has 2 unspecified atom stereocenters. The summed E-state index contributed by atoms with van der Waals surface area (Å²) in [5, 5.41) is 0. The van der Waals surface area contributed by atoms with Crippen LogP contribution in [0.15, 0.2) is 29.3 Å². The third-order valence-corrected chi connectivity index (χ3v) is 3.23. The summed E-state index contributed by atoms with van der Waals surface area (Å²) in [7, 11) is 0. The number of halogens is 2. The zero-order chi connectivity index (χ0) is 10.1. The average molecular weight is 244 g/mol. The van der Waals surface area contributed by atoms with Gasteiger partial charge in [-0.3, -0.25) is 4.99 Å². The van der Waals surface area contributed by atoms with Crippen molar-refractivity contribution in [1.82, 2.24) is 0 Å². The lowest BCUT2D eigenvalue weighted by molar-refractivity contribution is 0.605. The summed E-state index contributed by atoms with van der Waals surface area (Å²) in [6.07, 6.45) is 0. The van der Waals surface area contributed by atoms with Crippen molar-refractivity contribution in [2.75, 3.05) is 5.88 Å². The lowest BCUT2D eigenvalue weighted by atomic mass is 9.86. The van der Waals surface area contributed by atoms with E-state index < -0.39 is 0 Å². The fourth-order valence-corrected chi connectivity index (χ4v) is 2.16. The van der Waals surface area contributed by atoms with Crippen LogP contribution >= 0.6 is 24.0 Å². The first-order chi connectivity index (χ1) is 6.74. The van der Waals surface area contributed by atoms with Crippen molar-refractivity contribution in [2.24, 2.45) is 4.99 Å². The molecule has 15 heavy (non-hydrogen) atoms. The van der Waals surface area contributed by atoms with Crippen molar-refractivity contribution in [2.45, 2.75) is 25.8 Å². The van der Waals surface area contributed by atoms with Gasteiger partial charge in [0.05, 0.1) is 17.6 Å². The Morgan fingerprint density at radius 1 is 1.27 bits per heavy atom. The Kier molecular flexibility index (Phi) is 4.18. The first kappa shape index (κ1) is 12.5. The lowest BCUT2D eigenvalue weighted by Crippen LogP contribution is -2.23. The third-order valence-electron chi connectivity index (χ3n) is 2.97. The Labute approximate surface area is 102 Å². The number of benzene rings is 1. The summed E-state index contributed by atoms with van der Waals surface area (Å²) in [5.74, 6) is 1.01. The van der Waals surface area contributed by atoms with Gasteiger partial charge in [-0.2, -0.15) is 0 Å². The molecular formula is C12H15Cl2N. The zero-order valence-corrected chi connectivity index (χ0v) is 10.5. The Hall–Kier alpha value is -0.530. The number of hydrogen-bond acceptors (Lipinski definition) is 1. The molecule has 0 N–H and O–H groups in total. The molecule has 0 aromatic heterocycles. The molecule has 1 aromatic rings. The second kappa shape index (κ2) is 5.00. The van der Waals surface area contributed by atoms with Gasteiger partial charge >= 0.3 is 0 Å². The molecule has 0 spiro atoms. The highest BCUT2D eigenvalue weighted by Crippen LogP contribution is 2.30. The Balaban J connectivity index is 0.00000112. The lowest BCUT2D eigenvalue weighted by Gasteiger charge is -2.26. The Bertz CT molecular complexity index is 374. The molecule has 2 atom stereocenters. The van der Waals surface area contributed by atoms with Gasteiger partial charge in [0, 0.05) is 11.5 Å². The van der Waals surface area contributed by atoms with E-state index in [4.69, 9.17) is 11.6 Å². The number of aliphatic imine (C=N–C) groups is 1. The standard InChI is InChI=1S/C12H14ClN.ClH/c1-8-9(2)14-12(7-13)11-6-4-3-5-10(8)11;/h3-6,8-9H,7H2,1-2H3;1H. The molecule has 2 rings (SSSR count). The van der Waals surface area contributed by atoms with Crippen molar-refractivity contribution >= 4 is 29.7 Å². The Morgan fingerprint density at radius 2 is 1.93 bits per heavy atom. The molecule has 1 nitrogen and oxygen atoms in total. The third kappa shape index (κ3) is 2.19. The molecule has 0 aliphatic carbocycles. The highest BCUT2D eigenvalue weighted by Gasteiger charge is 2.23. The molecule has 0 saturated heterocycles. The van der Waals surface area contributed by atoms with Crippen LogP contribution in [0.4, 0.5) is 0 Å². The van der Waals surface area contributed by atoms with Crippen LogP contribution in [0.5, 0.6) is 0 Å². The molecule has 3 heteroatoms. The van der Waals surface area contributed by atoms with Gasteiger partial charge in [0.25, 0.3) is 0 Å². The largest absolute Gasteiger partial charge is 0.284 e. The van der Waals surface area contributed by atoms with Crippen LogP contribution in [0.1, 0.15) is 30.9 Å². The minimum atomic E-state index is 0. The first-order valence-electron chi connectivity index (χ1n) is 4.96. The van der Waals surface area contributed by atoms with E-state index in [-0.39, 0.29) is 12.4 Å². The van der Waals surface area contributed by atoms with Crippen LogP contribution in [0, 0.1) is 0 Å². The van der Waals surface area contributed by atoms with Crippen molar-refractivity contribution in [3.05, 3.63) is 35.4 Å². The quantitative estimate of drug-likeness (QED) is 0.669. The highest BCUT2D eigenvalue weighted by atomic mass is 35.5. The van der Waals surface area contributed by atoms with E-state index in [1.54, 1.807) is 0 Å². The first-order valence-corrected chi connectivity index (χ1v) is 5.49. The predicted molar refractivity (Wildman–Crippen MR) is 68.8 cm³/mol. The van der Waals surface area contributed by atoms with Gasteiger partial charge in [-0.25, -0.2) is 0 Å². The molecule has 0 fully saturated rings. The minimum Gasteiger partial charge on any atom is -0.284 e. The van der Waals surface area contributed by atoms with Gasteiger partial charge in [0.1, 0.15) is 0 Å². The Morgan fingerprint density at radius 3 is 2.60 bits per heavy atom. The highest BCUT2D eigenvalue weighted by molar-refractivity contribution is 6.32. The van der Waals surface area contributed by atoms with Crippen molar-refractivity contribution in [1.29, 1.82) is 0 Å². The van der Waals surface area contributed by atoms with Gasteiger partial charge < -0.3 is 0 Å². The summed E-state index contributed by atoms with van der Waals surface area (Å²) in [6.45, 7) is 4.37. The van der Waals surface area contributed by atoms with E-state index >= 15 is 0 Å². The van der Waals surface area contributed by atoms with Crippen LogP contribution in [0.2, 0.25) is 0 Å². The second-order valence-corrected chi connectivity index (χ2v) is 4.09. The van der Waals surface area contributed by atoms with Gasteiger partial charge in [-0.05, 0) is 12.5 Å². The molecule has 0 saturated carbocycles. The summed E-state index contributed by atoms with van der Waals surface area (Å²) in [5.41, 5.74) is 3.65. The number of alkyl halides is 1. The summed E-state index contributed by atoms with van der Waals surface area (Å²) in [4.78, 5) is 4.61. The molecular weight excluding hydrogens is 229 g/mol. The van der Waals surface area contributed by atoms with Crippen LogP contribution in [0.25, 0.3) is 0 Å². The van der Waals surface area contributed by atoms with Crippen molar-refractivity contribution in [3.63, 3.8) is 0 Å². The summed E-state index contributed by atoms with van der Waals surface area (Å²) >= 11 is 5.89. The maximum Gasteiger partial charge on any atom is 0.0649 e. The smallest absolute Gasteiger partial charge is 0.0649 e. The van der Waals surface area contributed by atoms with E-state index in [1.807, 2.05) is 6.07 Å². The monoisotopic (exact) mass is 243 g/mol. The normalized spacial score (nSPS) is 23.8. The van der Waals surface area contributed by atoms with Gasteiger partial charge in [-0.1, -0.05) is 31.2 Å². The summed E-state index contributed by atoms with van der Waals surface area (Å²) < 4.78 is 0. The SMILES string of the molecule is CC1N=C(CCl)c2ccccc2C1C.Cl. The number of nitrogens with zero attached hydrogens (tertiary/aromatic N) is 1. The topological polar surface area (TPSA) is 12.4 Å². The molecule has 1 aromatic carbocycles. The maximum absolute atomic E-state index is 5.89. The molecule has 1 heterocycles. The van der Waals surface area contributed by atoms with Gasteiger partial charge in [0.2, 0.25) is 0 Å². The molecule has 82 valence electrons. The molecule has 1 aliphatic heterocycles. The predicted octanol–water partition coefficient (Wildman–Crippen LogP) is 3.64. The van der Waals surface area contributed by atoms with Crippen molar-refractivity contribution in [3.8, 4) is 0 Å². The molecule has 0 amide bonds. The zero-order valence-electron chi connectivity index (χ0n) is 8.90. The minimum absolute atomic E-state index is 0. The van der Waals surface area contributed by atoms with E-state index in [1.165, 1.54) is 11.1 Å². The van der Waals surface area contributed by atoms with E-state index in [2.05, 4.69) is 37.0 Å². The van der Waals surface area contributed by atoms with E-state index in [0.29, 0.717) is 17.8 Å². The van der Waals surface area contributed by atoms with Crippen LogP contribution in [-0.4, -0.2) is 17.6 Å². The van der Waals surface area contributed by atoms with Gasteiger partial charge in [-0.15, -0.1) is 24.0 Å². The van der Waals surface area contributed by atoms with Crippen molar-refractivity contribution < 1.29 is 0 Å². The fraction of sp³-hybridized carbons (Fsp3) is 0.417. The molecule has 0 bridgehead atoms. The van der Waals surface area contributed by atoms with Crippen LogP contribution in [-0.2, 0) is 0 Å². The molecule has 0 radical (unpaired) electrons. The van der Waals surface area contributed by atoms with Crippen LogP contribution < -0.4 is 0 Å². The number of rotatable bonds is 1. The number of fused-ring (bicyclic) bond motifs is 1.